The Balaban J connectivity index is 1.65. The molecule has 0 bridgehead atoms. The van der Waals surface area contributed by atoms with Gasteiger partial charge in [0.15, 0.2) is 0 Å². The molecule has 1 fully saturated rings. The Labute approximate surface area is 143 Å². The lowest BCUT2D eigenvalue weighted by Gasteiger charge is -2.23. The van der Waals surface area contributed by atoms with Crippen molar-refractivity contribution in [1.82, 2.24) is 14.7 Å². The van der Waals surface area contributed by atoms with Gasteiger partial charge >= 0.3 is 0 Å². The van der Waals surface area contributed by atoms with Crippen LogP contribution in [0.15, 0.2) is 24.5 Å². The van der Waals surface area contributed by atoms with Crippen molar-refractivity contribution in [1.29, 1.82) is 0 Å². The summed E-state index contributed by atoms with van der Waals surface area (Å²) >= 11 is 1.91. The van der Waals surface area contributed by atoms with E-state index in [2.05, 4.69) is 42.2 Å². The van der Waals surface area contributed by atoms with E-state index in [0.29, 0.717) is 12.0 Å². The third-order valence-corrected chi connectivity index (χ3v) is 5.26. The third-order valence-electron chi connectivity index (χ3n) is 4.10. The van der Waals surface area contributed by atoms with Crippen LogP contribution in [0, 0.1) is 5.92 Å². The molecule has 0 aliphatic carbocycles. The lowest BCUT2D eigenvalue weighted by Crippen LogP contribution is -2.26. The Morgan fingerprint density at radius 1 is 1.39 bits per heavy atom. The van der Waals surface area contributed by atoms with Gasteiger partial charge in [0.05, 0.1) is 12.3 Å². The fourth-order valence-corrected chi connectivity index (χ4v) is 4.33. The first-order valence-electron chi connectivity index (χ1n) is 8.50. The summed E-state index contributed by atoms with van der Waals surface area (Å²) in [6, 6.07) is 4.53. The van der Waals surface area contributed by atoms with Gasteiger partial charge in [0.25, 0.3) is 0 Å². The highest BCUT2D eigenvalue weighted by Crippen LogP contribution is 2.33. The fraction of sp³-hybridized carbons (Fsp3) is 0.611. The average Bonchev–Trinajstić information content (AvgIpc) is 3.19. The Morgan fingerprint density at radius 2 is 2.26 bits per heavy atom. The molecule has 1 unspecified atom stereocenters. The molecule has 2 aromatic heterocycles. The first-order chi connectivity index (χ1) is 11.1. The number of nitrogens with zero attached hydrogens (tertiary/aromatic N) is 3. The van der Waals surface area contributed by atoms with Gasteiger partial charge in [-0.05, 0) is 30.9 Å². The monoisotopic (exact) mass is 333 g/mol. The molecule has 3 heterocycles. The zero-order chi connectivity index (χ0) is 16.2. The highest BCUT2D eigenvalue weighted by atomic mass is 32.1. The van der Waals surface area contributed by atoms with Gasteiger partial charge in [-0.25, -0.2) is 0 Å². The van der Waals surface area contributed by atoms with Gasteiger partial charge in [0.2, 0.25) is 0 Å². The first-order valence-corrected chi connectivity index (χ1v) is 9.32. The van der Waals surface area contributed by atoms with Crippen LogP contribution in [0.5, 0.6) is 0 Å². The zero-order valence-electron chi connectivity index (χ0n) is 14.4. The maximum Gasteiger partial charge on any atom is 0.0917 e. The zero-order valence-corrected chi connectivity index (χ0v) is 15.2. The van der Waals surface area contributed by atoms with Crippen molar-refractivity contribution in [3.63, 3.8) is 0 Å². The molecule has 126 valence electrons. The summed E-state index contributed by atoms with van der Waals surface area (Å²) in [5.41, 5.74) is 1.28. The molecule has 1 saturated heterocycles. The van der Waals surface area contributed by atoms with E-state index >= 15 is 0 Å². The molecule has 1 atom stereocenters. The Kier molecular flexibility index (Phi) is 5.51. The molecule has 0 radical (unpaired) electrons. The van der Waals surface area contributed by atoms with Crippen molar-refractivity contribution in [3.8, 4) is 0 Å². The van der Waals surface area contributed by atoms with E-state index in [9.17, 15) is 0 Å². The minimum atomic E-state index is 0.339. The van der Waals surface area contributed by atoms with E-state index in [1.54, 1.807) is 0 Å². The van der Waals surface area contributed by atoms with E-state index in [-0.39, 0.29) is 0 Å². The molecule has 0 N–H and O–H groups in total. The highest BCUT2D eigenvalue weighted by Gasteiger charge is 2.20. The summed E-state index contributed by atoms with van der Waals surface area (Å²) in [6.07, 6.45) is 6.79. The normalized spacial score (nSPS) is 18.4. The summed E-state index contributed by atoms with van der Waals surface area (Å²) in [7, 11) is 1.98. The largest absolute Gasteiger partial charge is 0.373 e. The molecule has 0 spiro atoms. The molecule has 23 heavy (non-hydrogen) atoms. The molecule has 1 aliphatic rings. The summed E-state index contributed by atoms with van der Waals surface area (Å²) in [6.45, 7) is 8.54. The number of ether oxygens (including phenoxy) is 1. The van der Waals surface area contributed by atoms with Crippen molar-refractivity contribution < 1.29 is 4.74 Å². The van der Waals surface area contributed by atoms with Gasteiger partial charge in [-0.1, -0.05) is 13.8 Å². The number of aromatic nitrogens is 2. The second-order valence-electron chi connectivity index (χ2n) is 6.89. The first kappa shape index (κ1) is 16.7. The van der Waals surface area contributed by atoms with E-state index < -0.39 is 0 Å². The van der Waals surface area contributed by atoms with Crippen LogP contribution >= 0.6 is 11.3 Å². The third kappa shape index (κ3) is 4.66. The summed E-state index contributed by atoms with van der Waals surface area (Å²) < 4.78 is 7.68. The van der Waals surface area contributed by atoms with E-state index in [0.717, 1.165) is 26.2 Å². The Morgan fingerprint density at radius 3 is 2.91 bits per heavy atom. The topological polar surface area (TPSA) is 30.3 Å². The van der Waals surface area contributed by atoms with Crippen molar-refractivity contribution in [3.05, 3.63) is 39.8 Å². The van der Waals surface area contributed by atoms with Gasteiger partial charge in [0.1, 0.15) is 0 Å². The quantitative estimate of drug-likeness (QED) is 0.767. The van der Waals surface area contributed by atoms with Crippen LogP contribution in [0.25, 0.3) is 0 Å². The van der Waals surface area contributed by atoms with Crippen molar-refractivity contribution in [2.24, 2.45) is 13.0 Å². The SMILES string of the molecule is CC(C)CN(Cc1cnn(C)c1)Cc1ccc(C2CCCO2)s1. The lowest BCUT2D eigenvalue weighted by atomic mass is 10.2. The second kappa shape index (κ2) is 7.60. The van der Waals surface area contributed by atoms with Crippen LogP contribution in [-0.4, -0.2) is 27.8 Å². The van der Waals surface area contributed by atoms with Gasteiger partial charge in [-0.2, -0.15) is 5.10 Å². The van der Waals surface area contributed by atoms with Crippen molar-refractivity contribution in [2.45, 2.75) is 45.9 Å². The minimum absolute atomic E-state index is 0.339. The molecule has 1 aliphatic heterocycles. The average molecular weight is 334 g/mol. The van der Waals surface area contributed by atoms with Crippen LogP contribution in [0.3, 0.4) is 0 Å². The second-order valence-corrected chi connectivity index (χ2v) is 8.09. The summed E-state index contributed by atoms with van der Waals surface area (Å²) in [5, 5.41) is 4.29. The molecular formula is C18H27N3OS. The van der Waals surface area contributed by atoms with Crippen LogP contribution in [0.1, 0.15) is 48.1 Å². The predicted molar refractivity (Wildman–Crippen MR) is 94.4 cm³/mol. The van der Waals surface area contributed by atoms with Crippen LogP contribution in [-0.2, 0) is 24.9 Å². The molecule has 4 nitrogen and oxygen atoms in total. The smallest absolute Gasteiger partial charge is 0.0917 e. The predicted octanol–water partition coefficient (Wildman–Crippen LogP) is 3.99. The maximum atomic E-state index is 5.81. The van der Waals surface area contributed by atoms with Gasteiger partial charge in [-0.15, -0.1) is 11.3 Å². The van der Waals surface area contributed by atoms with Crippen LogP contribution in [0.4, 0.5) is 0 Å². The Hall–Kier alpha value is -1.17. The van der Waals surface area contributed by atoms with Crippen LogP contribution < -0.4 is 0 Å². The standard InChI is InChI=1S/C18H27N3OS/c1-14(2)10-21(12-15-9-19-20(3)11-15)13-16-6-7-18(23-16)17-5-4-8-22-17/h6-7,9,11,14,17H,4-5,8,10,12-13H2,1-3H3. The molecule has 0 aromatic carbocycles. The molecule has 3 rings (SSSR count). The molecule has 5 heteroatoms. The van der Waals surface area contributed by atoms with Gasteiger partial charge < -0.3 is 4.74 Å². The minimum Gasteiger partial charge on any atom is -0.373 e. The Bertz CT molecular complexity index is 613. The summed E-state index contributed by atoms with van der Waals surface area (Å²) in [4.78, 5) is 5.34. The summed E-state index contributed by atoms with van der Waals surface area (Å²) in [5.74, 6) is 0.657. The van der Waals surface area contributed by atoms with Gasteiger partial charge in [-0.3, -0.25) is 9.58 Å². The molecular weight excluding hydrogens is 306 g/mol. The maximum absolute atomic E-state index is 5.81. The number of hydrogen-bond acceptors (Lipinski definition) is 4. The van der Waals surface area contributed by atoms with E-state index in [1.807, 2.05) is 29.3 Å². The fourth-order valence-electron chi connectivity index (χ4n) is 3.19. The number of rotatable bonds is 7. The van der Waals surface area contributed by atoms with Crippen LogP contribution in [0.2, 0.25) is 0 Å². The highest BCUT2D eigenvalue weighted by molar-refractivity contribution is 7.12. The molecule has 0 amide bonds. The van der Waals surface area contributed by atoms with E-state index in [4.69, 9.17) is 4.74 Å². The van der Waals surface area contributed by atoms with Gasteiger partial charge in [0, 0.05) is 54.8 Å². The number of hydrogen-bond donors (Lipinski definition) is 0. The number of thiophene rings is 1. The molecule has 2 aromatic rings. The van der Waals surface area contributed by atoms with E-state index in [1.165, 1.54) is 28.2 Å². The lowest BCUT2D eigenvalue weighted by molar-refractivity contribution is 0.114. The van der Waals surface area contributed by atoms with Crippen molar-refractivity contribution in [2.75, 3.05) is 13.2 Å². The molecule has 0 saturated carbocycles. The van der Waals surface area contributed by atoms with Crippen molar-refractivity contribution >= 4 is 11.3 Å². The number of aryl methyl sites for hydroxylation is 1.